The molecule has 1 saturated heterocycles. The molecule has 2 aromatic rings. The van der Waals surface area contributed by atoms with Gasteiger partial charge in [-0.25, -0.2) is 0 Å². The van der Waals surface area contributed by atoms with Crippen molar-refractivity contribution < 1.29 is 14.3 Å². The molecule has 1 aromatic carbocycles. The monoisotopic (exact) mass is 490 g/mol. The van der Waals surface area contributed by atoms with E-state index in [1.54, 1.807) is 6.07 Å². The van der Waals surface area contributed by atoms with Crippen LogP contribution in [0.3, 0.4) is 0 Å². The highest BCUT2D eigenvalue weighted by Crippen LogP contribution is 2.35. The Morgan fingerprint density at radius 2 is 2.07 bits per heavy atom. The molecule has 30 heavy (non-hydrogen) atoms. The molecule has 0 unspecified atom stereocenters. The first-order chi connectivity index (χ1) is 14.4. The van der Waals surface area contributed by atoms with Crippen molar-refractivity contribution in [2.45, 2.75) is 31.7 Å². The van der Waals surface area contributed by atoms with Gasteiger partial charge in [-0.05, 0) is 78.0 Å². The average molecular weight is 491 g/mol. The standard InChI is InChI=1S/C21H23BrN4O3S/c1-13-11-14(3-4-15(13)26-9-10-29-12-18(26)23)24-20(28)21(7-2-8-21)25-19(27)16-5-6-17(22)30-16/h3-6,11,23H,2,7-10,12H2,1H3,(H,24,28)(H,25,27). The van der Waals surface area contributed by atoms with Crippen LogP contribution in [0.4, 0.5) is 11.4 Å². The number of morpholine rings is 1. The van der Waals surface area contributed by atoms with E-state index in [2.05, 4.69) is 26.6 Å². The zero-order valence-electron chi connectivity index (χ0n) is 16.6. The normalized spacial score (nSPS) is 17.9. The molecular formula is C21H23BrN4O3S. The first-order valence-electron chi connectivity index (χ1n) is 9.81. The van der Waals surface area contributed by atoms with Crippen LogP contribution in [0.1, 0.15) is 34.5 Å². The lowest BCUT2D eigenvalue weighted by Gasteiger charge is -2.40. The Bertz CT molecular complexity index is 1000. The summed E-state index contributed by atoms with van der Waals surface area (Å²) in [6.45, 7) is 3.49. The van der Waals surface area contributed by atoms with Crippen molar-refractivity contribution in [1.29, 1.82) is 5.41 Å². The molecule has 2 fully saturated rings. The Morgan fingerprint density at radius 1 is 1.27 bits per heavy atom. The molecule has 7 nitrogen and oxygen atoms in total. The number of anilines is 2. The van der Waals surface area contributed by atoms with Gasteiger partial charge in [-0.3, -0.25) is 15.0 Å². The van der Waals surface area contributed by atoms with Gasteiger partial charge in [0.15, 0.2) is 0 Å². The lowest BCUT2D eigenvalue weighted by molar-refractivity contribution is -0.125. The fourth-order valence-electron chi connectivity index (χ4n) is 3.74. The van der Waals surface area contributed by atoms with Gasteiger partial charge in [-0.2, -0.15) is 0 Å². The number of amides is 2. The molecule has 4 rings (SSSR count). The van der Waals surface area contributed by atoms with E-state index in [-0.39, 0.29) is 11.8 Å². The summed E-state index contributed by atoms with van der Waals surface area (Å²) in [7, 11) is 0. The minimum atomic E-state index is -0.869. The number of nitrogens with one attached hydrogen (secondary N) is 3. The largest absolute Gasteiger partial charge is 0.372 e. The lowest BCUT2D eigenvalue weighted by atomic mass is 9.75. The Hall–Kier alpha value is -2.23. The summed E-state index contributed by atoms with van der Waals surface area (Å²) in [6, 6.07) is 9.24. The number of thiophene rings is 1. The number of halogens is 1. The van der Waals surface area contributed by atoms with E-state index < -0.39 is 5.54 Å². The third-order valence-electron chi connectivity index (χ3n) is 5.56. The van der Waals surface area contributed by atoms with Crippen LogP contribution in [0.2, 0.25) is 0 Å². The first kappa shape index (κ1) is 21.0. The average Bonchev–Trinajstić information content (AvgIpc) is 3.12. The smallest absolute Gasteiger partial charge is 0.262 e. The van der Waals surface area contributed by atoms with E-state index in [0.29, 0.717) is 49.0 Å². The van der Waals surface area contributed by atoms with Gasteiger partial charge < -0.3 is 20.3 Å². The fourth-order valence-corrected chi connectivity index (χ4v) is 5.03. The molecule has 0 radical (unpaired) electrons. The molecule has 9 heteroatoms. The highest BCUT2D eigenvalue weighted by molar-refractivity contribution is 9.11. The van der Waals surface area contributed by atoms with Crippen LogP contribution in [-0.2, 0) is 9.53 Å². The maximum absolute atomic E-state index is 13.0. The maximum Gasteiger partial charge on any atom is 0.262 e. The maximum atomic E-state index is 13.0. The number of carbonyl (C=O) groups excluding carboxylic acids is 2. The molecule has 1 aliphatic heterocycles. The van der Waals surface area contributed by atoms with Crippen LogP contribution in [0.15, 0.2) is 34.1 Å². The van der Waals surface area contributed by atoms with E-state index in [4.69, 9.17) is 10.1 Å². The minimum absolute atomic E-state index is 0.191. The molecule has 1 saturated carbocycles. The molecular weight excluding hydrogens is 468 g/mol. The van der Waals surface area contributed by atoms with Gasteiger partial charge in [-0.1, -0.05) is 0 Å². The Labute approximate surface area is 187 Å². The highest BCUT2D eigenvalue weighted by atomic mass is 79.9. The second-order valence-electron chi connectivity index (χ2n) is 7.60. The van der Waals surface area contributed by atoms with Crippen LogP contribution in [-0.4, -0.2) is 42.9 Å². The molecule has 2 aliphatic rings. The number of carbonyl (C=O) groups is 2. The molecule has 1 aliphatic carbocycles. The van der Waals surface area contributed by atoms with E-state index in [1.807, 2.05) is 36.1 Å². The molecule has 0 atom stereocenters. The molecule has 158 valence electrons. The summed E-state index contributed by atoms with van der Waals surface area (Å²) >= 11 is 4.71. The summed E-state index contributed by atoms with van der Waals surface area (Å²) in [4.78, 5) is 28.1. The summed E-state index contributed by atoms with van der Waals surface area (Å²) < 4.78 is 6.19. The van der Waals surface area contributed by atoms with Gasteiger partial charge in [0.05, 0.1) is 15.3 Å². The molecule has 0 spiro atoms. The van der Waals surface area contributed by atoms with Crippen molar-refractivity contribution in [1.82, 2.24) is 5.32 Å². The Balaban J connectivity index is 1.46. The second kappa shape index (κ2) is 8.49. The van der Waals surface area contributed by atoms with Crippen molar-refractivity contribution in [3.05, 3.63) is 44.6 Å². The number of amidine groups is 1. The van der Waals surface area contributed by atoms with Crippen LogP contribution < -0.4 is 15.5 Å². The molecule has 1 aromatic heterocycles. The number of ether oxygens (including phenoxy) is 1. The van der Waals surface area contributed by atoms with E-state index in [9.17, 15) is 9.59 Å². The second-order valence-corrected chi connectivity index (χ2v) is 10.1. The van der Waals surface area contributed by atoms with Crippen LogP contribution in [0, 0.1) is 12.3 Å². The van der Waals surface area contributed by atoms with Crippen LogP contribution in [0.25, 0.3) is 0 Å². The summed E-state index contributed by atoms with van der Waals surface area (Å²) in [5.41, 5.74) is 1.72. The summed E-state index contributed by atoms with van der Waals surface area (Å²) in [5, 5.41) is 14.0. The molecule has 0 bridgehead atoms. The Morgan fingerprint density at radius 3 is 2.67 bits per heavy atom. The van der Waals surface area contributed by atoms with Gasteiger partial charge in [0.1, 0.15) is 18.0 Å². The van der Waals surface area contributed by atoms with Crippen molar-refractivity contribution in [3.63, 3.8) is 0 Å². The highest BCUT2D eigenvalue weighted by Gasteiger charge is 2.45. The van der Waals surface area contributed by atoms with E-state index in [0.717, 1.165) is 21.5 Å². The zero-order valence-corrected chi connectivity index (χ0v) is 19.0. The lowest BCUT2D eigenvalue weighted by Crippen LogP contribution is -2.61. The number of hydrogen-bond acceptors (Lipinski definition) is 5. The van der Waals surface area contributed by atoms with Crippen LogP contribution >= 0.6 is 27.3 Å². The zero-order chi connectivity index (χ0) is 21.3. The number of nitrogens with zero attached hydrogens (tertiary/aromatic N) is 1. The fraction of sp³-hybridized carbons (Fsp3) is 0.381. The van der Waals surface area contributed by atoms with E-state index >= 15 is 0 Å². The summed E-state index contributed by atoms with van der Waals surface area (Å²) in [6.07, 6.45) is 2.15. The number of aryl methyl sites for hydroxylation is 1. The Kier molecular flexibility index (Phi) is 5.95. The topological polar surface area (TPSA) is 94.5 Å². The predicted octanol–water partition coefficient (Wildman–Crippen LogP) is 3.92. The van der Waals surface area contributed by atoms with Gasteiger partial charge in [0, 0.05) is 17.9 Å². The van der Waals surface area contributed by atoms with Crippen molar-refractivity contribution in [3.8, 4) is 0 Å². The van der Waals surface area contributed by atoms with Gasteiger partial charge in [-0.15, -0.1) is 11.3 Å². The van der Waals surface area contributed by atoms with Crippen molar-refractivity contribution >= 4 is 56.3 Å². The van der Waals surface area contributed by atoms with Gasteiger partial charge >= 0.3 is 0 Å². The van der Waals surface area contributed by atoms with Crippen molar-refractivity contribution in [2.75, 3.05) is 30.0 Å². The van der Waals surface area contributed by atoms with E-state index in [1.165, 1.54) is 11.3 Å². The number of rotatable bonds is 5. The minimum Gasteiger partial charge on any atom is -0.372 e. The van der Waals surface area contributed by atoms with Gasteiger partial charge in [0.25, 0.3) is 5.91 Å². The third-order valence-corrected chi connectivity index (χ3v) is 7.18. The SMILES string of the molecule is Cc1cc(NC(=O)C2(NC(=O)c3ccc(Br)s3)CCC2)ccc1N1CCOCC1=N. The molecule has 2 heterocycles. The number of benzene rings is 1. The van der Waals surface area contributed by atoms with Crippen molar-refractivity contribution in [2.24, 2.45) is 0 Å². The first-order valence-corrected chi connectivity index (χ1v) is 11.4. The van der Waals surface area contributed by atoms with Crippen LogP contribution in [0.5, 0.6) is 0 Å². The third kappa shape index (κ3) is 4.14. The number of hydrogen-bond donors (Lipinski definition) is 3. The predicted molar refractivity (Wildman–Crippen MR) is 122 cm³/mol. The molecule has 2 amide bonds. The quantitative estimate of drug-likeness (QED) is 0.591. The molecule has 3 N–H and O–H groups in total. The summed E-state index contributed by atoms with van der Waals surface area (Å²) in [5.74, 6) is 0.0133. The van der Waals surface area contributed by atoms with Gasteiger partial charge in [0.2, 0.25) is 5.91 Å².